The number of nitrogens with one attached hydrogen (secondary N) is 2. The highest BCUT2D eigenvalue weighted by Crippen LogP contribution is 2.28. The first-order valence-electron chi connectivity index (χ1n) is 10.5. The van der Waals surface area contributed by atoms with Crippen LogP contribution in [0.15, 0.2) is 70.8 Å². The molecule has 0 unspecified atom stereocenters. The molecule has 0 fully saturated rings. The highest BCUT2D eigenvalue weighted by molar-refractivity contribution is 9.10. The van der Waals surface area contributed by atoms with Gasteiger partial charge in [-0.05, 0) is 41.8 Å². The van der Waals surface area contributed by atoms with Crippen LogP contribution in [0.4, 0.5) is 5.69 Å². The number of rotatable bonds is 10. The lowest BCUT2D eigenvalue weighted by atomic mass is 10.0. The second-order valence-electron chi connectivity index (χ2n) is 7.57. The zero-order valence-electron chi connectivity index (χ0n) is 18.5. The van der Waals surface area contributed by atoms with Crippen molar-refractivity contribution in [2.45, 2.75) is 38.0 Å². The minimum absolute atomic E-state index is 0.128. The lowest BCUT2D eigenvalue weighted by Gasteiger charge is -2.14. The lowest BCUT2D eigenvalue weighted by molar-refractivity contribution is -0.113. The number of carbonyl (C=O) groups excluding carboxylic acids is 2. The van der Waals surface area contributed by atoms with Gasteiger partial charge in [0.25, 0.3) is 5.91 Å². The van der Waals surface area contributed by atoms with E-state index in [1.165, 1.54) is 11.8 Å². The summed E-state index contributed by atoms with van der Waals surface area (Å²) in [5, 5.41) is 14.9. The van der Waals surface area contributed by atoms with E-state index in [0.717, 1.165) is 15.7 Å². The summed E-state index contributed by atoms with van der Waals surface area (Å²) in [4.78, 5) is 24.9. The fourth-order valence-corrected chi connectivity index (χ4v) is 4.31. The van der Waals surface area contributed by atoms with E-state index in [1.54, 1.807) is 18.2 Å². The Balaban J connectivity index is 1.63. The predicted octanol–water partition coefficient (Wildman–Crippen LogP) is 5.01. The van der Waals surface area contributed by atoms with Gasteiger partial charge in [0, 0.05) is 22.3 Å². The van der Waals surface area contributed by atoms with Crippen molar-refractivity contribution in [2.75, 3.05) is 11.1 Å². The molecule has 2 aromatic carbocycles. The maximum atomic E-state index is 12.6. The Hall–Kier alpha value is -2.91. The van der Waals surface area contributed by atoms with Crippen molar-refractivity contribution >= 4 is 45.2 Å². The molecule has 3 aromatic rings. The third-order valence-electron chi connectivity index (χ3n) is 4.79. The quantitative estimate of drug-likeness (QED) is 0.285. The minimum Gasteiger partial charge on any atom is -0.345 e. The molecule has 0 radical (unpaired) electrons. The maximum Gasteiger partial charge on any atom is 0.251 e. The molecule has 0 saturated carbocycles. The van der Waals surface area contributed by atoms with E-state index in [-0.39, 0.29) is 30.0 Å². The lowest BCUT2D eigenvalue weighted by Crippen LogP contribution is -2.24. The Bertz CT molecular complexity index is 1130. The molecule has 7 nitrogen and oxygen atoms in total. The van der Waals surface area contributed by atoms with Crippen LogP contribution < -0.4 is 10.6 Å². The first-order valence-corrected chi connectivity index (χ1v) is 12.2. The number of amides is 2. The number of carbonyl (C=O) groups is 2. The third-order valence-corrected chi connectivity index (χ3v) is 6.25. The fourth-order valence-electron chi connectivity index (χ4n) is 3.16. The first kappa shape index (κ1) is 24.7. The number of nitrogens with zero attached hydrogens (tertiary/aromatic N) is 3. The fraction of sp³-hybridized carbons (Fsp3) is 0.250. The van der Waals surface area contributed by atoms with Crippen LogP contribution in [0.1, 0.15) is 41.5 Å². The van der Waals surface area contributed by atoms with Crippen molar-refractivity contribution in [2.24, 2.45) is 0 Å². The summed E-state index contributed by atoms with van der Waals surface area (Å²) in [7, 11) is 0. The smallest absolute Gasteiger partial charge is 0.251 e. The Morgan fingerprint density at radius 1 is 1.18 bits per heavy atom. The predicted molar refractivity (Wildman–Crippen MR) is 135 cm³/mol. The van der Waals surface area contributed by atoms with Crippen LogP contribution in [0.3, 0.4) is 0 Å². The normalized spacial score (nSPS) is 10.8. The number of thioether (sulfide) groups is 1. The van der Waals surface area contributed by atoms with Gasteiger partial charge < -0.3 is 15.2 Å². The van der Waals surface area contributed by atoms with Gasteiger partial charge in [0.1, 0.15) is 0 Å². The van der Waals surface area contributed by atoms with E-state index in [2.05, 4.69) is 57.2 Å². The summed E-state index contributed by atoms with van der Waals surface area (Å²) in [5.74, 6) is 0.732. The number of hydrogen-bond acceptors (Lipinski definition) is 5. The Kier molecular flexibility index (Phi) is 8.85. The molecule has 0 aliphatic heterocycles. The molecule has 1 aromatic heterocycles. The van der Waals surface area contributed by atoms with Gasteiger partial charge in [0.2, 0.25) is 5.91 Å². The van der Waals surface area contributed by atoms with E-state index in [1.807, 2.05) is 41.0 Å². The van der Waals surface area contributed by atoms with Crippen molar-refractivity contribution in [1.82, 2.24) is 20.1 Å². The van der Waals surface area contributed by atoms with Crippen LogP contribution in [0.5, 0.6) is 0 Å². The number of allylic oxidation sites excluding steroid dienone is 1. The average molecular weight is 528 g/mol. The number of hydrogen-bond donors (Lipinski definition) is 2. The molecule has 0 atom stereocenters. The second kappa shape index (κ2) is 11.8. The van der Waals surface area contributed by atoms with Gasteiger partial charge in [-0.15, -0.1) is 16.8 Å². The van der Waals surface area contributed by atoms with Crippen LogP contribution in [-0.4, -0.2) is 32.3 Å². The Labute approximate surface area is 206 Å². The van der Waals surface area contributed by atoms with E-state index < -0.39 is 0 Å². The van der Waals surface area contributed by atoms with Crippen LogP contribution in [0, 0.1) is 0 Å². The Morgan fingerprint density at radius 2 is 1.94 bits per heavy atom. The topological polar surface area (TPSA) is 88.9 Å². The van der Waals surface area contributed by atoms with Crippen LogP contribution in [0.2, 0.25) is 0 Å². The number of halogens is 1. The van der Waals surface area contributed by atoms with Gasteiger partial charge in [-0.3, -0.25) is 9.59 Å². The molecule has 0 aliphatic rings. The van der Waals surface area contributed by atoms with E-state index >= 15 is 0 Å². The molecule has 2 amide bonds. The van der Waals surface area contributed by atoms with Crippen LogP contribution in [0.25, 0.3) is 0 Å². The van der Waals surface area contributed by atoms with E-state index in [0.29, 0.717) is 23.1 Å². The number of aromatic nitrogens is 3. The van der Waals surface area contributed by atoms with Crippen LogP contribution >= 0.6 is 27.7 Å². The molecule has 0 aliphatic carbocycles. The molecule has 172 valence electrons. The van der Waals surface area contributed by atoms with Gasteiger partial charge in [0.15, 0.2) is 11.0 Å². The van der Waals surface area contributed by atoms with E-state index in [9.17, 15) is 9.59 Å². The summed E-state index contributed by atoms with van der Waals surface area (Å²) >= 11 is 4.77. The van der Waals surface area contributed by atoms with E-state index in [4.69, 9.17) is 0 Å². The molecular formula is C24H26BrN5O2S. The maximum absolute atomic E-state index is 12.6. The minimum atomic E-state index is -0.187. The molecule has 1 heterocycles. The van der Waals surface area contributed by atoms with Crippen molar-refractivity contribution in [3.8, 4) is 0 Å². The highest BCUT2D eigenvalue weighted by Gasteiger charge is 2.16. The molecule has 0 spiro atoms. The average Bonchev–Trinajstić information content (AvgIpc) is 3.19. The van der Waals surface area contributed by atoms with Crippen molar-refractivity contribution in [1.29, 1.82) is 0 Å². The molecular weight excluding hydrogens is 502 g/mol. The molecule has 0 bridgehead atoms. The molecule has 3 rings (SSSR count). The highest BCUT2D eigenvalue weighted by atomic mass is 79.9. The van der Waals surface area contributed by atoms with Crippen molar-refractivity contribution in [3.63, 3.8) is 0 Å². The number of benzene rings is 2. The zero-order valence-corrected chi connectivity index (χ0v) is 20.9. The van der Waals surface area contributed by atoms with Gasteiger partial charge in [-0.25, -0.2) is 0 Å². The van der Waals surface area contributed by atoms with Crippen molar-refractivity contribution in [3.05, 3.63) is 82.6 Å². The SMILES string of the molecule is C=CCn1c(CNC(=O)c2ccccc2)nnc1SCC(=O)Nc1ccc(Br)cc1C(C)C. The van der Waals surface area contributed by atoms with Gasteiger partial charge >= 0.3 is 0 Å². The van der Waals surface area contributed by atoms with Crippen molar-refractivity contribution < 1.29 is 9.59 Å². The summed E-state index contributed by atoms with van der Waals surface area (Å²) in [6.45, 7) is 8.65. The zero-order chi connectivity index (χ0) is 23.8. The molecule has 2 N–H and O–H groups in total. The van der Waals surface area contributed by atoms with Crippen LogP contribution in [-0.2, 0) is 17.9 Å². The summed E-state index contributed by atoms with van der Waals surface area (Å²) in [6, 6.07) is 14.8. The number of anilines is 1. The van der Waals surface area contributed by atoms with Gasteiger partial charge in [0.05, 0.1) is 12.3 Å². The van der Waals surface area contributed by atoms with Gasteiger partial charge in [-0.2, -0.15) is 0 Å². The first-order chi connectivity index (χ1) is 15.9. The summed E-state index contributed by atoms with van der Waals surface area (Å²) in [5.41, 5.74) is 2.44. The molecule has 33 heavy (non-hydrogen) atoms. The molecule has 0 saturated heterocycles. The third kappa shape index (κ3) is 6.79. The summed E-state index contributed by atoms with van der Waals surface area (Å²) in [6.07, 6.45) is 1.73. The molecule has 9 heteroatoms. The Morgan fingerprint density at radius 3 is 2.64 bits per heavy atom. The second-order valence-corrected chi connectivity index (χ2v) is 9.43. The summed E-state index contributed by atoms with van der Waals surface area (Å²) < 4.78 is 2.82. The monoisotopic (exact) mass is 527 g/mol. The largest absolute Gasteiger partial charge is 0.345 e. The standard InChI is InChI=1S/C24H26BrN5O2S/c1-4-12-30-21(14-26-23(32)17-8-6-5-7-9-17)28-29-24(30)33-15-22(31)27-20-11-10-18(25)13-19(20)16(2)3/h4-11,13,16H,1,12,14-15H2,2-3H3,(H,26,32)(H,27,31). The van der Waals surface area contributed by atoms with Gasteiger partial charge in [-0.1, -0.05) is 65.8 Å².